The molecule has 0 saturated carbocycles. The van der Waals surface area contributed by atoms with Crippen molar-refractivity contribution in [3.63, 3.8) is 0 Å². The van der Waals surface area contributed by atoms with Crippen LogP contribution in [-0.4, -0.2) is 31.2 Å². The van der Waals surface area contributed by atoms with Crippen molar-refractivity contribution in [3.05, 3.63) is 33.2 Å². The highest BCUT2D eigenvalue weighted by molar-refractivity contribution is 5.94. The van der Waals surface area contributed by atoms with Crippen LogP contribution in [0, 0.1) is 0 Å². The molecule has 5 nitrogen and oxygen atoms in total. The molecule has 106 valence electrons. The highest BCUT2D eigenvalue weighted by Gasteiger charge is 2.13. The van der Waals surface area contributed by atoms with Crippen LogP contribution in [0.2, 0.25) is 0 Å². The first kappa shape index (κ1) is 15.4. The molecule has 1 aromatic heterocycles. The lowest BCUT2D eigenvalue weighted by molar-refractivity contribution is 0.0947. The number of pyridine rings is 1. The molecule has 0 atom stereocenters. The predicted molar refractivity (Wildman–Crippen MR) is 74.6 cm³/mol. The average molecular weight is 266 g/mol. The van der Waals surface area contributed by atoms with Gasteiger partial charge < -0.3 is 15.0 Å². The highest BCUT2D eigenvalue weighted by atomic mass is 16.5. The maximum absolute atomic E-state index is 11.9. The van der Waals surface area contributed by atoms with E-state index in [1.807, 2.05) is 13.8 Å². The van der Waals surface area contributed by atoms with E-state index in [1.165, 1.54) is 0 Å². The van der Waals surface area contributed by atoms with Crippen LogP contribution in [0.25, 0.3) is 0 Å². The molecule has 1 aromatic rings. The SMILES string of the molecule is CCc1cc(C(=O)NCCCOC)c(=O)[nH]c1CC. The zero-order chi connectivity index (χ0) is 14.3. The normalized spacial score (nSPS) is 10.5. The Morgan fingerprint density at radius 1 is 1.37 bits per heavy atom. The fourth-order valence-electron chi connectivity index (χ4n) is 1.92. The minimum atomic E-state index is -0.324. The molecule has 0 fully saturated rings. The number of aryl methyl sites for hydroxylation is 2. The number of carbonyl (C=O) groups excluding carboxylic acids is 1. The van der Waals surface area contributed by atoms with E-state index in [1.54, 1.807) is 13.2 Å². The lowest BCUT2D eigenvalue weighted by Gasteiger charge is -2.09. The van der Waals surface area contributed by atoms with Crippen LogP contribution >= 0.6 is 0 Å². The van der Waals surface area contributed by atoms with Gasteiger partial charge in [0, 0.05) is 26.0 Å². The van der Waals surface area contributed by atoms with Gasteiger partial charge in [-0.05, 0) is 30.9 Å². The van der Waals surface area contributed by atoms with E-state index in [4.69, 9.17) is 4.74 Å². The number of ether oxygens (including phenoxy) is 1. The molecule has 0 unspecified atom stereocenters. The molecule has 0 saturated heterocycles. The molecule has 0 aliphatic rings. The molecule has 19 heavy (non-hydrogen) atoms. The third kappa shape index (κ3) is 4.21. The summed E-state index contributed by atoms with van der Waals surface area (Å²) in [4.78, 5) is 26.6. The summed E-state index contributed by atoms with van der Waals surface area (Å²) in [5, 5.41) is 2.72. The van der Waals surface area contributed by atoms with Crippen molar-refractivity contribution < 1.29 is 9.53 Å². The van der Waals surface area contributed by atoms with E-state index >= 15 is 0 Å². The van der Waals surface area contributed by atoms with Crippen LogP contribution in [0.15, 0.2) is 10.9 Å². The Labute approximate surface area is 113 Å². The van der Waals surface area contributed by atoms with Gasteiger partial charge in [-0.15, -0.1) is 0 Å². The van der Waals surface area contributed by atoms with Gasteiger partial charge in [0.2, 0.25) is 0 Å². The monoisotopic (exact) mass is 266 g/mol. The van der Waals surface area contributed by atoms with Gasteiger partial charge in [0.1, 0.15) is 5.56 Å². The molecule has 5 heteroatoms. The van der Waals surface area contributed by atoms with Crippen molar-refractivity contribution in [1.82, 2.24) is 10.3 Å². The number of methoxy groups -OCH3 is 1. The average Bonchev–Trinajstić information content (AvgIpc) is 2.42. The van der Waals surface area contributed by atoms with Crippen LogP contribution < -0.4 is 10.9 Å². The fraction of sp³-hybridized carbons (Fsp3) is 0.571. The minimum Gasteiger partial charge on any atom is -0.385 e. The second-order valence-electron chi connectivity index (χ2n) is 4.33. The lowest BCUT2D eigenvalue weighted by atomic mass is 10.1. The van der Waals surface area contributed by atoms with Crippen LogP contribution in [0.4, 0.5) is 0 Å². The molecule has 0 spiro atoms. The molecule has 1 rings (SSSR count). The largest absolute Gasteiger partial charge is 0.385 e. The van der Waals surface area contributed by atoms with Gasteiger partial charge in [-0.3, -0.25) is 9.59 Å². The number of carbonyl (C=O) groups is 1. The Kier molecular flexibility index (Phi) is 6.29. The summed E-state index contributed by atoms with van der Waals surface area (Å²) in [6.45, 7) is 5.08. The van der Waals surface area contributed by atoms with Crippen molar-refractivity contribution in [2.75, 3.05) is 20.3 Å². The van der Waals surface area contributed by atoms with Crippen LogP contribution in [0.1, 0.15) is 41.9 Å². The van der Waals surface area contributed by atoms with E-state index < -0.39 is 0 Å². The van der Waals surface area contributed by atoms with E-state index in [0.29, 0.717) is 13.2 Å². The van der Waals surface area contributed by atoms with Gasteiger partial charge in [-0.25, -0.2) is 0 Å². The van der Waals surface area contributed by atoms with E-state index in [2.05, 4.69) is 10.3 Å². The number of rotatable bonds is 7. The smallest absolute Gasteiger partial charge is 0.261 e. The first-order valence-electron chi connectivity index (χ1n) is 6.66. The second kappa shape index (κ2) is 7.74. The summed E-state index contributed by atoms with van der Waals surface area (Å²) in [6.07, 6.45) is 2.28. The summed E-state index contributed by atoms with van der Waals surface area (Å²) in [5.74, 6) is -0.324. The maximum atomic E-state index is 11.9. The summed E-state index contributed by atoms with van der Waals surface area (Å²) in [5.41, 5.74) is 1.79. The summed E-state index contributed by atoms with van der Waals surface area (Å²) < 4.78 is 4.90. The third-order valence-corrected chi connectivity index (χ3v) is 3.01. The van der Waals surface area contributed by atoms with Gasteiger partial charge in [0.05, 0.1) is 0 Å². The Bertz CT molecular complexity index is 480. The minimum absolute atomic E-state index is 0.187. The predicted octanol–water partition coefficient (Wildman–Crippen LogP) is 1.27. The van der Waals surface area contributed by atoms with Crippen molar-refractivity contribution in [2.45, 2.75) is 33.1 Å². The van der Waals surface area contributed by atoms with Crippen molar-refractivity contribution >= 4 is 5.91 Å². The number of H-pyrrole nitrogens is 1. The van der Waals surface area contributed by atoms with E-state index in [-0.39, 0.29) is 17.0 Å². The molecule has 1 heterocycles. The number of amides is 1. The van der Waals surface area contributed by atoms with Crippen molar-refractivity contribution in [1.29, 1.82) is 0 Å². The Balaban J connectivity index is 2.82. The van der Waals surface area contributed by atoms with E-state index in [0.717, 1.165) is 30.5 Å². The molecule has 0 aliphatic heterocycles. The van der Waals surface area contributed by atoms with Crippen LogP contribution in [-0.2, 0) is 17.6 Å². The quantitative estimate of drug-likeness (QED) is 0.730. The number of nitrogens with one attached hydrogen (secondary N) is 2. The summed E-state index contributed by atoms with van der Waals surface area (Å²) >= 11 is 0. The van der Waals surface area contributed by atoms with Crippen molar-refractivity contribution in [3.8, 4) is 0 Å². The van der Waals surface area contributed by atoms with Gasteiger partial charge in [-0.2, -0.15) is 0 Å². The van der Waals surface area contributed by atoms with Crippen LogP contribution in [0.3, 0.4) is 0 Å². The zero-order valence-corrected chi connectivity index (χ0v) is 11.8. The van der Waals surface area contributed by atoms with Crippen LogP contribution in [0.5, 0.6) is 0 Å². The van der Waals surface area contributed by atoms with Gasteiger partial charge in [0.25, 0.3) is 11.5 Å². The first-order valence-corrected chi connectivity index (χ1v) is 6.66. The summed E-state index contributed by atoms with van der Waals surface area (Å²) in [7, 11) is 1.61. The third-order valence-electron chi connectivity index (χ3n) is 3.01. The molecule has 0 aliphatic carbocycles. The van der Waals surface area contributed by atoms with Gasteiger partial charge in [-0.1, -0.05) is 13.8 Å². The zero-order valence-electron chi connectivity index (χ0n) is 11.8. The van der Waals surface area contributed by atoms with Crippen molar-refractivity contribution in [2.24, 2.45) is 0 Å². The number of hydrogen-bond donors (Lipinski definition) is 2. The number of hydrogen-bond acceptors (Lipinski definition) is 3. The number of aromatic amines is 1. The Morgan fingerprint density at radius 3 is 2.68 bits per heavy atom. The standard InChI is InChI=1S/C14H22N2O3/c1-4-10-9-11(14(18)16-12(10)5-2)13(17)15-7-6-8-19-3/h9H,4-8H2,1-3H3,(H,15,17)(H,16,18). The van der Waals surface area contributed by atoms with Gasteiger partial charge in [0.15, 0.2) is 0 Å². The topological polar surface area (TPSA) is 71.2 Å². The maximum Gasteiger partial charge on any atom is 0.261 e. The Morgan fingerprint density at radius 2 is 2.11 bits per heavy atom. The first-order chi connectivity index (χ1) is 9.13. The molecule has 0 radical (unpaired) electrons. The molecule has 0 aromatic carbocycles. The highest BCUT2D eigenvalue weighted by Crippen LogP contribution is 2.07. The molecular weight excluding hydrogens is 244 g/mol. The molecule has 2 N–H and O–H groups in total. The fourth-order valence-corrected chi connectivity index (χ4v) is 1.92. The lowest BCUT2D eigenvalue weighted by Crippen LogP contribution is -2.31. The second-order valence-corrected chi connectivity index (χ2v) is 4.33. The molecular formula is C14H22N2O3. The van der Waals surface area contributed by atoms with Gasteiger partial charge >= 0.3 is 0 Å². The Hall–Kier alpha value is -1.62. The number of aromatic nitrogens is 1. The molecule has 0 bridgehead atoms. The van der Waals surface area contributed by atoms with E-state index in [9.17, 15) is 9.59 Å². The summed E-state index contributed by atoms with van der Waals surface area (Å²) in [6, 6.07) is 1.70. The molecule has 1 amide bonds.